The molecular formula is C20H20N4O2. The van der Waals surface area contributed by atoms with E-state index in [4.69, 9.17) is 4.74 Å². The molecule has 0 fully saturated rings. The normalized spacial score (nSPS) is 11.2. The molecule has 4 aromatic rings. The topological polar surface area (TPSA) is 61.1 Å². The van der Waals surface area contributed by atoms with Crippen molar-refractivity contribution in [3.8, 4) is 5.75 Å². The van der Waals surface area contributed by atoms with Crippen molar-refractivity contribution in [3.05, 3.63) is 60.4 Å². The number of aromatic nitrogens is 3. The number of nitrogens with zero attached hydrogens (tertiary/aromatic N) is 3. The van der Waals surface area contributed by atoms with Gasteiger partial charge in [0.05, 0.1) is 12.6 Å². The molecule has 2 aromatic heterocycles. The maximum absolute atomic E-state index is 12.5. The minimum atomic E-state index is -0.153. The molecule has 132 valence electrons. The zero-order valence-corrected chi connectivity index (χ0v) is 14.8. The molecule has 0 aliphatic heterocycles. The van der Waals surface area contributed by atoms with Crippen molar-refractivity contribution < 1.29 is 9.53 Å². The summed E-state index contributed by atoms with van der Waals surface area (Å²) >= 11 is 0. The minimum Gasteiger partial charge on any atom is -0.497 e. The molecule has 4 rings (SSSR count). The fraction of sp³-hybridized carbons (Fsp3) is 0.200. The van der Waals surface area contributed by atoms with Crippen LogP contribution in [0.5, 0.6) is 5.75 Å². The van der Waals surface area contributed by atoms with Gasteiger partial charge in [0.15, 0.2) is 5.69 Å². The van der Waals surface area contributed by atoms with Crippen molar-refractivity contribution in [2.75, 3.05) is 13.7 Å². The zero-order valence-electron chi connectivity index (χ0n) is 14.8. The molecule has 0 aliphatic carbocycles. The van der Waals surface area contributed by atoms with Crippen LogP contribution in [0.2, 0.25) is 0 Å². The first-order valence-electron chi connectivity index (χ1n) is 8.50. The Bertz CT molecular complexity index is 1090. The molecular weight excluding hydrogens is 328 g/mol. The van der Waals surface area contributed by atoms with Gasteiger partial charge in [-0.3, -0.25) is 9.48 Å². The molecule has 26 heavy (non-hydrogen) atoms. The molecule has 1 N–H and O–H groups in total. The first-order chi connectivity index (χ1) is 12.7. The molecule has 0 unspecified atom stereocenters. The Labute approximate surface area is 151 Å². The van der Waals surface area contributed by atoms with Crippen LogP contribution in [-0.2, 0) is 13.6 Å². The highest BCUT2D eigenvalue weighted by Crippen LogP contribution is 2.21. The second-order valence-corrected chi connectivity index (χ2v) is 6.18. The van der Waals surface area contributed by atoms with Crippen LogP contribution in [-0.4, -0.2) is 33.9 Å². The third-order valence-corrected chi connectivity index (χ3v) is 4.59. The summed E-state index contributed by atoms with van der Waals surface area (Å²) < 4.78 is 9.10. The molecule has 0 saturated carbocycles. The van der Waals surface area contributed by atoms with E-state index in [9.17, 15) is 4.79 Å². The average Bonchev–Trinajstić information content (AvgIpc) is 3.23. The number of carbonyl (C=O) groups is 1. The molecule has 6 heteroatoms. The van der Waals surface area contributed by atoms with Crippen LogP contribution in [0.3, 0.4) is 0 Å². The number of rotatable bonds is 5. The third kappa shape index (κ3) is 2.79. The molecule has 0 saturated heterocycles. The van der Waals surface area contributed by atoms with Crippen LogP contribution in [0.4, 0.5) is 0 Å². The van der Waals surface area contributed by atoms with Gasteiger partial charge < -0.3 is 14.6 Å². The number of nitrogens with one attached hydrogen (secondary N) is 1. The minimum absolute atomic E-state index is 0.153. The molecule has 6 nitrogen and oxygen atoms in total. The molecule has 0 aliphatic rings. The summed E-state index contributed by atoms with van der Waals surface area (Å²) in [6.07, 6.45) is 2.02. The number of aryl methyl sites for hydroxylation is 1. The standard InChI is InChI=1S/C20H20N4O2/c1-23-18-6-4-3-5-16(18)19(22-23)20(25)21-10-12-24-11-9-14-13-15(26-2)7-8-17(14)24/h3-9,11,13H,10,12H2,1-2H3,(H,21,25). The highest BCUT2D eigenvalue weighted by atomic mass is 16.5. The molecule has 1 amide bonds. The number of fused-ring (bicyclic) bond motifs is 2. The molecule has 2 heterocycles. The average molecular weight is 348 g/mol. The number of methoxy groups -OCH3 is 1. The number of para-hydroxylation sites is 1. The van der Waals surface area contributed by atoms with Crippen LogP contribution in [0.1, 0.15) is 10.5 Å². The number of hydrogen-bond acceptors (Lipinski definition) is 3. The number of amides is 1. The van der Waals surface area contributed by atoms with Crippen molar-refractivity contribution in [2.45, 2.75) is 6.54 Å². The van der Waals surface area contributed by atoms with E-state index in [0.29, 0.717) is 18.8 Å². The summed E-state index contributed by atoms with van der Waals surface area (Å²) in [5.41, 5.74) is 2.52. The van der Waals surface area contributed by atoms with Crippen molar-refractivity contribution in [1.82, 2.24) is 19.7 Å². The van der Waals surface area contributed by atoms with Crippen LogP contribution in [0.15, 0.2) is 54.7 Å². The van der Waals surface area contributed by atoms with E-state index < -0.39 is 0 Å². The van der Waals surface area contributed by atoms with Gasteiger partial charge in [-0.1, -0.05) is 18.2 Å². The van der Waals surface area contributed by atoms with Gasteiger partial charge >= 0.3 is 0 Å². The fourth-order valence-corrected chi connectivity index (χ4v) is 3.26. The summed E-state index contributed by atoms with van der Waals surface area (Å²) in [4.78, 5) is 12.5. The van der Waals surface area contributed by atoms with E-state index in [0.717, 1.165) is 27.6 Å². The second-order valence-electron chi connectivity index (χ2n) is 6.18. The second kappa shape index (κ2) is 6.55. The summed E-state index contributed by atoms with van der Waals surface area (Å²) in [6, 6.07) is 15.8. The lowest BCUT2D eigenvalue weighted by atomic mass is 10.2. The van der Waals surface area contributed by atoms with E-state index in [1.807, 2.05) is 61.8 Å². The van der Waals surface area contributed by atoms with Crippen LogP contribution < -0.4 is 10.1 Å². The van der Waals surface area contributed by atoms with Crippen molar-refractivity contribution >= 4 is 27.7 Å². The highest BCUT2D eigenvalue weighted by molar-refractivity contribution is 6.04. The van der Waals surface area contributed by atoms with E-state index in [2.05, 4.69) is 15.0 Å². The predicted molar refractivity (Wildman–Crippen MR) is 102 cm³/mol. The first kappa shape index (κ1) is 16.2. The van der Waals surface area contributed by atoms with Gasteiger partial charge in [-0.05, 0) is 30.3 Å². The lowest BCUT2D eigenvalue weighted by Gasteiger charge is -2.07. The van der Waals surface area contributed by atoms with Gasteiger partial charge in [0.1, 0.15) is 5.75 Å². The molecule has 0 spiro atoms. The number of carbonyl (C=O) groups excluding carboxylic acids is 1. The number of hydrogen-bond donors (Lipinski definition) is 1. The van der Waals surface area contributed by atoms with Crippen molar-refractivity contribution in [1.29, 1.82) is 0 Å². The molecule has 0 bridgehead atoms. The Kier molecular flexibility index (Phi) is 4.08. The summed E-state index contributed by atoms with van der Waals surface area (Å²) in [7, 11) is 3.51. The third-order valence-electron chi connectivity index (χ3n) is 4.59. The molecule has 2 aromatic carbocycles. The lowest BCUT2D eigenvalue weighted by molar-refractivity contribution is 0.0948. The van der Waals surface area contributed by atoms with Gasteiger partial charge in [0.2, 0.25) is 0 Å². The molecule has 0 atom stereocenters. The smallest absolute Gasteiger partial charge is 0.272 e. The van der Waals surface area contributed by atoms with Crippen LogP contribution in [0, 0.1) is 0 Å². The van der Waals surface area contributed by atoms with Gasteiger partial charge in [-0.2, -0.15) is 5.10 Å². The Hall–Kier alpha value is -3.28. The Morgan fingerprint density at radius 2 is 2.00 bits per heavy atom. The predicted octanol–water partition coefficient (Wildman–Crippen LogP) is 2.97. The maximum atomic E-state index is 12.5. The Morgan fingerprint density at radius 3 is 2.85 bits per heavy atom. The lowest BCUT2D eigenvalue weighted by Crippen LogP contribution is -2.27. The SMILES string of the molecule is COc1ccc2c(ccn2CCNC(=O)c2nn(C)c3ccccc23)c1. The first-order valence-corrected chi connectivity index (χ1v) is 8.50. The quantitative estimate of drug-likeness (QED) is 0.603. The van der Waals surface area contributed by atoms with Gasteiger partial charge in [0.25, 0.3) is 5.91 Å². The van der Waals surface area contributed by atoms with Crippen LogP contribution >= 0.6 is 0 Å². The zero-order chi connectivity index (χ0) is 18.1. The summed E-state index contributed by atoms with van der Waals surface area (Å²) in [5, 5.41) is 9.31. The maximum Gasteiger partial charge on any atom is 0.272 e. The summed E-state index contributed by atoms with van der Waals surface area (Å²) in [6.45, 7) is 1.21. The van der Waals surface area contributed by atoms with E-state index in [1.165, 1.54) is 0 Å². The number of ether oxygens (including phenoxy) is 1. The molecule has 0 radical (unpaired) electrons. The van der Waals surface area contributed by atoms with E-state index in [1.54, 1.807) is 11.8 Å². The Morgan fingerprint density at radius 1 is 1.15 bits per heavy atom. The van der Waals surface area contributed by atoms with Gasteiger partial charge in [-0.15, -0.1) is 0 Å². The van der Waals surface area contributed by atoms with Gasteiger partial charge in [0, 0.05) is 42.6 Å². The van der Waals surface area contributed by atoms with Crippen molar-refractivity contribution in [3.63, 3.8) is 0 Å². The van der Waals surface area contributed by atoms with Crippen molar-refractivity contribution in [2.24, 2.45) is 7.05 Å². The Balaban J connectivity index is 1.47. The number of benzene rings is 2. The highest BCUT2D eigenvalue weighted by Gasteiger charge is 2.15. The fourth-order valence-electron chi connectivity index (χ4n) is 3.26. The summed E-state index contributed by atoms with van der Waals surface area (Å²) in [5.74, 6) is 0.686. The van der Waals surface area contributed by atoms with E-state index in [-0.39, 0.29) is 5.91 Å². The van der Waals surface area contributed by atoms with E-state index >= 15 is 0 Å². The largest absolute Gasteiger partial charge is 0.497 e. The van der Waals surface area contributed by atoms with Gasteiger partial charge in [-0.25, -0.2) is 0 Å². The van der Waals surface area contributed by atoms with Crippen LogP contribution in [0.25, 0.3) is 21.8 Å². The monoisotopic (exact) mass is 348 g/mol.